The van der Waals surface area contributed by atoms with Crippen molar-refractivity contribution >= 4 is 11.8 Å². The number of hydrogen-bond donors (Lipinski definition) is 1. The van der Waals surface area contributed by atoms with Crippen LogP contribution in [0.15, 0.2) is 35.1 Å². The highest BCUT2D eigenvalue weighted by molar-refractivity contribution is 5.92. The number of primary amides is 1. The van der Waals surface area contributed by atoms with Gasteiger partial charge in [-0.2, -0.15) is 5.10 Å². The van der Waals surface area contributed by atoms with Crippen LogP contribution in [0.1, 0.15) is 35.8 Å². The molecule has 0 radical (unpaired) electrons. The highest BCUT2D eigenvalue weighted by Gasteiger charge is 2.29. The molecule has 1 saturated heterocycles. The highest BCUT2D eigenvalue weighted by Crippen LogP contribution is 2.19. The molecule has 0 spiro atoms. The maximum atomic E-state index is 12.9. The zero-order valence-electron chi connectivity index (χ0n) is 16.1. The number of aryl methyl sites for hydroxylation is 1. The standard InChI is InChI=1S/C20H24N4O4/c1-3-28-17-12-16(25)18(22-24(17)15-6-4-13(2)5-7-15)20(27)23-10-8-14(9-11-23)19(21)26/h4-7,12,14H,3,8-11H2,1-2H3,(H2,21,26). The van der Waals surface area contributed by atoms with Crippen molar-refractivity contribution in [3.63, 3.8) is 0 Å². The average molecular weight is 384 g/mol. The van der Waals surface area contributed by atoms with Crippen LogP contribution in [0.4, 0.5) is 0 Å². The molecule has 8 nitrogen and oxygen atoms in total. The smallest absolute Gasteiger partial charge is 0.278 e. The Morgan fingerprint density at radius 1 is 1.21 bits per heavy atom. The number of nitrogens with zero attached hydrogens (tertiary/aromatic N) is 3. The summed E-state index contributed by atoms with van der Waals surface area (Å²) in [6, 6.07) is 8.82. The molecule has 0 aliphatic carbocycles. The largest absolute Gasteiger partial charge is 0.478 e. The van der Waals surface area contributed by atoms with E-state index in [0.29, 0.717) is 38.2 Å². The summed E-state index contributed by atoms with van der Waals surface area (Å²) < 4.78 is 7.01. The van der Waals surface area contributed by atoms with Crippen molar-refractivity contribution in [2.75, 3.05) is 19.7 Å². The molecule has 8 heteroatoms. The third-order valence-corrected chi connectivity index (χ3v) is 4.85. The summed E-state index contributed by atoms with van der Waals surface area (Å²) in [5.74, 6) is -0.758. The van der Waals surface area contributed by atoms with Crippen LogP contribution in [0.5, 0.6) is 5.88 Å². The predicted molar refractivity (Wildman–Crippen MR) is 104 cm³/mol. The summed E-state index contributed by atoms with van der Waals surface area (Å²) in [6.07, 6.45) is 0.981. The molecular weight excluding hydrogens is 360 g/mol. The van der Waals surface area contributed by atoms with E-state index in [1.807, 2.05) is 38.1 Å². The van der Waals surface area contributed by atoms with Gasteiger partial charge >= 0.3 is 0 Å². The second-order valence-corrected chi connectivity index (χ2v) is 6.84. The highest BCUT2D eigenvalue weighted by atomic mass is 16.5. The molecule has 2 amide bonds. The van der Waals surface area contributed by atoms with Gasteiger partial charge in [-0.05, 0) is 38.8 Å². The van der Waals surface area contributed by atoms with E-state index in [4.69, 9.17) is 10.5 Å². The Labute approximate surface area is 162 Å². The van der Waals surface area contributed by atoms with Crippen LogP contribution in [0, 0.1) is 12.8 Å². The molecular formula is C20H24N4O4. The topological polar surface area (TPSA) is 108 Å². The van der Waals surface area contributed by atoms with Crippen LogP contribution in [-0.2, 0) is 4.79 Å². The Morgan fingerprint density at radius 2 is 1.86 bits per heavy atom. The third-order valence-electron chi connectivity index (χ3n) is 4.85. The van der Waals surface area contributed by atoms with E-state index in [-0.39, 0.29) is 23.4 Å². The number of benzene rings is 1. The molecule has 1 aromatic carbocycles. The molecule has 1 aromatic heterocycles. The van der Waals surface area contributed by atoms with E-state index in [9.17, 15) is 14.4 Å². The molecule has 2 aromatic rings. The lowest BCUT2D eigenvalue weighted by atomic mass is 9.96. The van der Waals surface area contributed by atoms with E-state index in [1.54, 1.807) is 4.90 Å². The number of ether oxygens (including phenoxy) is 1. The molecule has 3 rings (SSSR count). The molecule has 1 fully saturated rings. The fourth-order valence-electron chi connectivity index (χ4n) is 3.23. The first-order valence-electron chi connectivity index (χ1n) is 9.33. The van der Waals surface area contributed by atoms with Gasteiger partial charge in [0.1, 0.15) is 0 Å². The van der Waals surface area contributed by atoms with E-state index >= 15 is 0 Å². The quantitative estimate of drug-likeness (QED) is 0.835. The first kappa shape index (κ1) is 19.6. The maximum Gasteiger partial charge on any atom is 0.278 e. The summed E-state index contributed by atoms with van der Waals surface area (Å²) in [7, 11) is 0. The van der Waals surface area contributed by atoms with Gasteiger partial charge in [-0.3, -0.25) is 14.4 Å². The van der Waals surface area contributed by atoms with Gasteiger partial charge in [-0.25, -0.2) is 4.68 Å². The van der Waals surface area contributed by atoms with E-state index < -0.39 is 11.3 Å². The molecule has 0 saturated carbocycles. The average Bonchev–Trinajstić information content (AvgIpc) is 2.69. The number of aromatic nitrogens is 2. The van der Waals surface area contributed by atoms with Crippen LogP contribution in [0.3, 0.4) is 0 Å². The van der Waals surface area contributed by atoms with Gasteiger partial charge in [0, 0.05) is 19.0 Å². The van der Waals surface area contributed by atoms with Gasteiger partial charge in [0.25, 0.3) is 5.91 Å². The number of carbonyl (C=O) groups is 2. The van der Waals surface area contributed by atoms with Gasteiger partial charge in [0.2, 0.25) is 17.2 Å². The second-order valence-electron chi connectivity index (χ2n) is 6.84. The van der Waals surface area contributed by atoms with E-state index in [0.717, 1.165) is 5.56 Å². The van der Waals surface area contributed by atoms with Crippen LogP contribution < -0.4 is 15.9 Å². The van der Waals surface area contributed by atoms with Gasteiger partial charge < -0.3 is 15.4 Å². The lowest BCUT2D eigenvalue weighted by Gasteiger charge is -2.30. The first-order chi connectivity index (χ1) is 13.4. The van der Waals surface area contributed by atoms with Crippen LogP contribution in [0.25, 0.3) is 5.69 Å². The summed E-state index contributed by atoms with van der Waals surface area (Å²) in [6.45, 7) is 4.88. The Bertz CT molecular complexity index is 928. The van der Waals surface area contributed by atoms with E-state index in [2.05, 4.69) is 5.10 Å². The minimum atomic E-state index is -0.492. The normalized spacial score (nSPS) is 14.7. The number of amides is 2. The van der Waals surface area contributed by atoms with Crippen molar-refractivity contribution in [3.8, 4) is 11.6 Å². The minimum Gasteiger partial charge on any atom is -0.478 e. The Kier molecular flexibility index (Phi) is 5.77. The van der Waals surface area contributed by atoms with E-state index in [1.165, 1.54) is 10.7 Å². The number of carbonyl (C=O) groups excluding carboxylic acids is 2. The molecule has 1 aliphatic heterocycles. The van der Waals surface area contributed by atoms with Crippen molar-refractivity contribution in [1.82, 2.24) is 14.7 Å². The number of likely N-dealkylation sites (tertiary alicyclic amines) is 1. The minimum absolute atomic E-state index is 0.165. The Hall–Kier alpha value is -3.16. The molecule has 2 heterocycles. The molecule has 0 atom stereocenters. The van der Waals surface area contributed by atoms with Crippen molar-refractivity contribution < 1.29 is 14.3 Å². The number of rotatable bonds is 5. The predicted octanol–water partition coefficient (Wildman–Crippen LogP) is 1.28. The zero-order chi connectivity index (χ0) is 20.3. The molecule has 1 aliphatic rings. The van der Waals surface area contributed by atoms with Crippen LogP contribution in [-0.4, -0.2) is 46.2 Å². The first-order valence-corrected chi connectivity index (χ1v) is 9.33. The van der Waals surface area contributed by atoms with Crippen LogP contribution >= 0.6 is 0 Å². The SMILES string of the molecule is CCOc1cc(=O)c(C(=O)N2CCC(C(N)=O)CC2)nn1-c1ccc(C)cc1. The second kappa shape index (κ2) is 8.24. The monoisotopic (exact) mass is 384 g/mol. The van der Waals surface area contributed by atoms with Gasteiger partial charge in [-0.1, -0.05) is 17.7 Å². The van der Waals surface area contributed by atoms with Gasteiger partial charge in [0.05, 0.1) is 18.4 Å². The molecule has 28 heavy (non-hydrogen) atoms. The Morgan fingerprint density at radius 3 is 2.43 bits per heavy atom. The van der Waals surface area contributed by atoms with Crippen molar-refractivity contribution in [3.05, 3.63) is 51.8 Å². The zero-order valence-corrected chi connectivity index (χ0v) is 16.1. The summed E-state index contributed by atoms with van der Waals surface area (Å²) in [5.41, 5.74) is 6.46. The maximum absolute atomic E-state index is 12.9. The lowest BCUT2D eigenvalue weighted by molar-refractivity contribution is -0.123. The molecule has 148 valence electrons. The molecule has 2 N–H and O–H groups in total. The van der Waals surface area contributed by atoms with Gasteiger partial charge in [-0.15, -0.1) is 0 Å². The number of nitrogens with two attached hydrogens (primary N) is 1. The molecule has 0 bridgehead atoms. The summed E-state index contributed by atoms with van der Waals surface area (Å²) >= 11 is 0. The number of piperidine rings is 1. The Balaban J connectivity index is 1.94. The third kappa shape index (κ3) is 4.05. The van der Waals surface area contributed by atoms with Crippen molar-refractivity contribution in [2.24, 2.45) is 11.7 Å². The van der Waals surface area contributed by atoms with Gasteiger partial charge in [0.15, 0.2) is 5.69 Å². The molecule has 0 unspecified atom stereocenters. The number of hydrogen-bond acceptors (Lipinski definition) is 5. The van der Waals surface area contributed by atoms with Crippen molar-refractivity contribution in [1.29, 1.82) is 0 Å². The summed E-state index contributed by atoms with van der Waals surface area (Å²) in [5, 5.41) is 4.32. The fraction of sp³-hybridized carbons (Fsp3) is 0.400. The fourth-order valence-corrected chi connectivity index (χ4v) is 3.23. The lowest BCUT2D eigenvalue weighted by Crippen LogP contribution is -2.43. The van der Waals surface area contributed by atoms with Crippen LogP contribution in [0.2, 0.25) is 0 Å². The van der Waals surface area contributed by atoms with Crippen molar-refractivity contribution in [2.45, 2.75) is 26.7 Å². The summed E-state index contributed by atoms with van der Waals surface area (Å²) in [4.78, 5) is 38.3.